The predicted octanol–water partition coefficient (Wildman–Crippen LogP) is 1.51. The van der Waals surface area contributed by atoms with E-state index < -0.39 is 0 Å². The van der Waals surface area contributed by atoms with E-state index >= 15 is 0 Å². The Morgan fingerprint density at radius 1 is 1.21 bits per heavy atom. The van der Waals surface area contributed by atoms with Gasteiger partial charge in [0.25, 0.3) is 0 Å². The fourth-order valence-corrected chi connectivity index (χ4v) is 3.72. The lowest BCUT2D eigenvalue weighted by atomic mass is 9.86. The van der Waals surface area contributed by atoms with Gasteiger partial charge in [0, 0.05) is 12.5 Å². The minimum Gasteiger partial charge on any atom is -0.314 e. The Morgan fingerprint density at radius 2 is 1.89 bits per heavy atom. The Kier molecular flexibility index (Phi) is 6.97. The van der Waals surface area contributed by atoms with Crippen LogP contribution in [0.4, 0.5) is 0 Å². The van der Waals surface area contributed by atoms with Gasteiger partial charge >= 0.3 is 0 Å². The van der Waals surface area contributed by atoms with Crippen LogP contribution < -0.4 is 16.0 Å². The second-order valence-corrected chi connectivity index (χ2v) is 5.91. The highest BCUT2D eigenvalue weighted by molar-refractivity contribution is 5.49. The summed E-state index contributed by atoms with van der Waals surface area (Å²) in [5.41, 5.74) is 0.0130. The van der Waals surface area contributed by atoms with Crippen molar-refractivity contribution in [3.05, 3.63) is 0 Å². The number of aldehydes is 1. The first-order chi connectivity index (χ1) is 9.14. The number of nitrogens with one attached hydrogen (secondary N) is 3. The molecule has 112 valence electrons. The van der Waals surface area contributed by atoms with E-state index in [0.29, 0.717) is 24.3 Å². The molecule has 3 N–H and O–H groups in total. The number of hydrogen-bond donors (Lipinski definition) is 3. The van der Waals surface area contributed by atoms with Gasteiger partial charge in [0.1, 0.15) is 6.29 Å². The molecule has 0 spiro atoms. The van der Waals surface area contributed by atoms with E-state index in [2.05, 4.69) is 37.0 Å². The molecular weight excluding hydrogens is 238 g/mol. The third-order valence-electron chi connectivity index (χ3n) is 4.96. The summed E-state index contributed by atoms with van der Waals surface area (Å²) in [6, 6.07) is 0.484. The van der Waals surface area contributed by atoms with Gasteiger partial charge in [0.15, 0.2) is 0 Å². The maximum atomic E-state index is 10.4. The van der Waals surface area contributed by atoms with E-state index in [0.717, 1.165) is 12.7 Å². The van der Waals surface area contributed by atoms with Gasteiger partial charge in [-0.2, -0.15) is 0 Å². The fraction of sp³-hybridized carbons (Fsp3) is 0.933. The van der Waals surface area contributed by atoms with Crippen molar-refractivity contribution in [2.24, 2.45) is 11.8 Å². The van der Waals surface area contributed by atoms with Crippen LogP contribution in [0, 0.1) is 11.8 Å². The lowest BCUT2D eigenvalue weighted by Gasteiger charge is -2.40. The van der Waals surface area contributed by atoms with Crippen LogP contribution in [-0.4, -0.2) is 39.1 Å². The van der Waals surface area contributed by atoms with E-state index in [9.17, 15) is 4.79 Å². The maximum absolute atomic E-state index is 10.4. The first-order valence-electron chi connectivity index (χ1n) is 7.63. The van der Waals surface area contributed by atoms with E-state index in [-0.39, 0.29) is 5.66 Å². The Hall–Kier alpha value is -0.450. The van der Waals surface area contributed by atoms with Crippen molar-refractivity contribution in [1.82, 2.24) is 16.0 Å². The average Bonchev–Trinajstić information content (AvgIpc) is 2.80. The molecule has 1 fully saturated rings. The topological polar surface area (TPSA) is 53.2 Å². The number of carbonyl (C=O) groups is 1. The number of likely N-dealkylation sites (N-methyl/N-ethyl adjacent to an activating group) is 3. The Morgan fingerprint density at radius 3 is 2.42 bits per heavy atom. The molecule has 3 atom stereocenters. The molecule has 4 heteroatoms. The summed E-state index contributed by atoms with van der Waals surface area (Å²) < 4.78 is 0. The first-order valence-corrected chi connectivity index (χ1v) is 7.63. The summed E-state index contributed by atoms with van der Waals surface area (Å²) in [5.74, 6) is 1.30. The van der Waals surface area contributed by atoms with Gasteiger partial charge in [-0.3, -0.25) is 0 Å². The Balaban J connectivity index is 2.54. The van der Waals surface area contributed by atoms with Gasteiger partial charge in [-0.1, -0.05) is 13.3 Å². The molecule has 0 saturated heterocycles. The third-order valence-corrected chi connectivity index (χ3v) is 4.96. The summed E-state index contributed by atoms with van der Waals surface area (Å²) in [4.78, 5) is 10.4. The zero-order valence-electron chi connectivity index (χ0n) is 13.0. The van der Waals surface area contributed by atoms with Crippen LogP contribution in [0.15, 0.2) is 0 Å². The van der Waals surface area contributed by atoms with Crippen molar-refractivity contribution in [3.8, 4) is 0 Å². The zero-order chi connectivity index (χ0) is 14.3. The van der Waals surface area contributed by atoms with Crippen molar-refractivity contribution in [3.63, 3.8) is 0 Å². The van der Waals surface area contributed by atoms with Gasteiger partial charge < -0.3 is 20.7 Å². The van der Waals surface area contributed by atoms with Gasteiger partial charge in [-0.15, -0.1) is 0 Å². The van der Waals surface area contributed by atoms with Gasteiger partial charge in [-0.25, -0.2) is 0 Å². The molecule has 1 saturated carbocycles. The predicted molar refractivity (Wildman–Crippen MR) is 80.1 cm³/mol. The van der Waals surface area contributed by atoms with Crippen molar-refractivity contribution < 1.29 is 4.79 Å². The van der Waals surface area contributed by atoms with Gasteiger partial charge in [0.2, 0.25) is 0 Å². The van der Waals surface area contributed by atoms with Crippen LogP contribution in [0.2, 0.25) is 0 Å². The van der Waals surface area contributed by atoms with Crippen LogP contribution in [0.5, 0.6) is 0 Å². The molecule has 1 aliphatic rings. The first kappa shape index (κ1) is 16.6. The summed E-state index contributed by atoms with van der Waals surface area (Å²) in [7, 11) is 6.15. The van der Waals surface area contributed by atoms with Gasteiger partial charge in [-0.05, 0) is 58.7 Å². The third kappa shape index (κ3) is 3.77. The monoisotopic (exact) mass is 269 g/mol. The Bertz CT molecular complexity index is 266. The molecule has 0 aliphatic heterocycles. The fourth-order valence-electron chi connectivity index (χ4n) is 3.72. The van der Waals surface area contributed by atoms with Crippen LogP contribution in [0.1, 0.15) is 45.4 Å². The lowest BCUT2D eigenvalue weighted by molar-refractivity contribution is -0.108. The van der Waals surface area contributed by atoms with Gasteiger partial charge in [0.05, 0.1) is 5.66 Å². The second-order valence-electron chi connectivity index (χ2n) is 5.91. The summed E-state index contributed by atoms with van der Waals surface area (Å²) in [6.07, 6.45) is 7.67. The largest absolute Gasteiger partial charge is 0.314 e. The molecule has 4 nitrogen and oxygen atoms in total. The molecule has 3 unspecified atom stereocenters. The number of hydrogen-bond acceptors (Lipinski definition) is 4. The van der Waals surface area contributed by atoms with E-state index in [1.54, 1.807) is 0 Å². The molecule has 1 rings (SSSR count). The van der Waals surface area contributed by atoms with Crippen LogP contribution in [-0.2, 0) is 4.79 Å². The van der Waals surface area contributed by atoms with E-state index in [1.165, 1.54) is 25.7 Å². The molecular formula is C15H31N3O. The molecule has 0 heterocycles. The SMILES string of the molecule is CNC1CCC(CCC(C)CCC=O)C1(NC)NC. The molecule has 0 radical (unpaired) electrons. The van der Waals surface area contributed by atoms with E-state index in [4.69, 9.17) is 0 Å². The van der Waals surface area contributed by atoms with Crippen molar-refractivity contribution in [1.29, 1.82) is 0 Å². The van der Waals surface area contributed by atoms with Crippen LogP contribution >= 0.6 is 0 Å². The van der Waals surface area contributed by atoms with Crippen molar-refractivity contribution in [2.75, 3.05) is 21.1 Å². The number of rotatable bonds is 9. The maximum Gasteiger partial charge on any atom is 0.120 e. The summed E-state index contributed by atoms with van der Waals surface area (Å²) in [6.45, 7) is 2.26. The summed E-state index contributed by atoms with van der Waals surface area (Å²) in [5, 5.41) is 10.5. The van der Waals surface area contributed by atoms with Crippen LogP contribution in [0.25, 0.3) is 0 Å². The molecule has 0 bridgehead atoms. The van der Waals surface area contributed by atoms with Crippen molar-refractivity contribution >= 4 is 6.29 Å². The Labute approximate surface area is 118 Å². The second kappa shape index (κ2) is 7.98. The molecule has 0 amide bonds. The van der Waals surface area contributed by atoms with E-state index in [1.807, 2.05) is 7.05 Å². The molecule has 0 aromatic heterocycles. The minimum atomic E-state index is 0.0130. The average molecular weight is 269 g/mol. The molecule has 19 heavy (non-hydrogen) atoms. The van der Waals surface area contributed by atoms with Crippen molar-refractivity contribution in [2.45, 2.75) is 57.2 Å². The molecule has 0 aromatic rings. The highest BCUT2D eigenvalue weighted by atomic mass is 16.1. The highest BCUT2D eigenvalue weighted by Gasteiger charge is 2.47. The quantitative estimate of drug-likeness (QED) is 0.439. The molecule has 0 aromatic carbocycles. The highest BCUT2D eigenvalue weighted by Crippen LogP contribution is 2.37. The van der Waals surface area contributed by atoms with Crippen LogP contribution in [0.3, 0.4) is 0 Å². The lowest BCUT2D eigenvalue weighted by Crippen LogP contribution is -2.66. The smallest absolute Gasteiger partial charge is 0.120 e. The normalized spacial score (nSPS) is 27.4. The molecule has 1 aliphatic carbocycles. The number of carbonyl (C=O) groups excluding carboxylic acids is 1. The summed E-state index contributed by atoms with van der Waals surface area (Å²) >= 11 is 0. The standard InChI is InChI=1S/C15H31N3O/c1-12(6-5-11-19)7-8-13-9-10-14(16-2)15(13,17-3)18-4/h11-14,16-18H,5-10H2,1-4H3. The zero-order valence-corrected chi connectivity index (χ0v) is 13.0. The minimum absolute atomic E-state index is 0.0130.